The molecular formula is C20H20N2O4. The fourth-order valence-electron chi connectivity index (χ4n) is 2.83. The molecule has 0 fully saturated rings. The van der Waals surface area contributed by atoms with Gasteiger partial charge in [0, 0.05) is 24.2 Å². The molecule has 26 heavy (non-hydrogen) atoms. The van der Waals surface area contributed by atoms with Crippen LogP contribution in [0.2, 0.25) is 0 Å². The molecule has 0 saturated heterocycles. The lowest BCUT2D eigenvalue weighted by Gasteiger charge is -2.13. The van der Waals surface area contributed by atoms with Crippen LogP contribution in [0.15, 0.2) is 42.5 Å². The summed E-state index contributed by atoms with van der Waals surface area (Å²) in [6.07, 6.45) is 0.975. The van der Waals surface area contributed by atoms with Gasteiger partial charge in [0.25, 0.3) is 11.8 Å². The Morgan fingerprint density at radius 3 is 2.42 bits per heavy atom. The molecule has 0 atom stereocenters. The summed E-state index contributed by atoms with van der Waals surface area (Å²) in [7, 11) is 0. The minimum atomic E-state index is -0.409. The van der Waals surface area contributed by atoms with Crippen molar-refractivity contribution in [3.8, 4) is 5.75 Å². The number of anilines is 1. The number of hydrogen-bond acceptors (Lipinski definition) is 5. The molecule has 1 aliphatic rings. The molecule has 3 rings (SSSR count). The average Bonchev–Trinajstić information content (AvgIpc) is 2.88. The van der Waals surface area contributed by atoms with Crippen molar-refractivity contribution < 1.29 is 19.1 Å². The van der Waals surface area contributed by atoms with Gasteiger partial charge in [-0.25, -0.2) is 0 Å². The van der Waals surface area contributed by atoms with Crippen molar-refractivity contribution in [3.63, 3.8) is 0 Å². The zero-order valence-electron chi connectivity index (χ0n) is 14.5. The van der Waals surface area contributed by atoms with Crippen LogP contribution >= 0.6 is 0 Å². The molecule has 6 nitrogen and oxygen atoms in total. The van der Waals surface area contributed by atoms with E-state index in [2.05, 4.69) is 0 Å². The Bertz CT molecular complexity index is 859. The van der Waals surface area contributed by atoms with E-state index in [-0.39, 0.29) is 24.7 Å². The number of amides is 2. The Labute approximate surface area is 151 Å². The summed E-state index contributed by atoms with van der Waals surface area (Å²) in [6, 6.07) is 11.5. The number of carbonyl (C=O) groups excluding carboxylic acids is 3. The highest BCUT2D eigenvalue weighted by Gasteiger charge is 2.35. The first-order chi connectivity index (χ1) is 12.5. The molecule has 0 saturated carbocycles. The molecular weight excluding hydrogens is 332 g/mol. The third-order valence-corrected chi connectivity index (χ3v) is 4.21. The van der Waals surface area contributed by atoms with Gasteiger partial charge < -0.3 is 10.5 Å². The number of ether oxygens (including phenoxy) is 1. The highest BCUT2D eigenvalue weighted by molar-refractivity contribution is 6.21. The number of nitrogen functional groups attached to an aromatic ring is 1. The van der Waals surface area contributed by atoms with Crippen LogP contribution in [0.3, 0.4) is 0 Å². The number of Topliss-reactive ketones (excluding diaryl/α,β-unsaturated/α-hetero) is 1. The molecule has 0 bridgehead atoms. The number of imide groups is 1. The number of carbonyl (C=O) groups is 3. The van der Waals surface area contributed by atoms with Crippen LogP contribution in [0.25, 0.3) is 0 Å². The molecule has 1 heterocycles. The molecule has 0 radical (unpaired) electrons. The largest absolute Gasteiger partial charge is 0.494 e. The van der Waals surface area contributed by atoms with E-state index in [0.717, 1.165) is 11.3 Å². The van der Waals surface area contributed by atoms with Crippen LogP contribution in [-0.4, -0.2) is 35.6 Å². The van der Waals surface area contributed by atoms with Crippen molar-refractivity contribution in [1.82, 2.24) is 4.90 Å². The van der Waals surface area contributed by atoms with Crippen molar-refractivity contribution >= 4 is 23.3 Å². The third-order valence-electron chi connectivity index (χ3n) is 4.21. The molecule has 0 unspecified atom stereocenters. The minimum Gasteiger partial charge on any atom is -0.494 e. The summed E-state index contributed by atoms with van der Waals surface area (Å²) < 4.78 is 5.49. The molecule has 0 spiro atoms. The summed E-state index contributed by atoms with van der Waals surface area (Å²) in [5, 5.41) is 0. The molecule has 2 N–H and O–H groups in total. The van der Waals surface area contributed by atoms with Crippen LogP contribution in [0.1, 0.15) is 50.8 Å². The lowest BCUT2D eigenvalue weighted by molar-refractivity contribution is 0.0649. The number of ketones is 1. The fourth-order valence-corrected chi connectivity index (χ4v) is 2.83. The predicted molar refractivity (Wildman–Crippen MR) is 97.4 cm³/mol. The van der Waals surface area contributed by atoms with Crippen LogP contribution in [-0.2, 0) is 0 Å². The van der Waals surface area contributed by atoms with Crippen molar-refractivity contribution in [2.75, 3.05) is 18.9 Å². The smallest absolute Gasteiger partial charge is 0.261 e. The van der Waals surface area contributed by atoms with Gasteiger partial charge in [-0.3, -0.25) is 19.3 Å². The first-order valence-electron chi connectivity index (χ1n) is 8.53. The number of hydrogen-bond donors (Lipinski definition) is 1. The van der Waals surface area contributed by atoms with Crippen molar-refractivity contribution in [3.05, 3.63) is 59.2 Å². The first-order valence-corrected chi connectivity index (χ1v) is 8.53. The van der Waals surface area contributed by atoms with Crippen LogP contribution < -0.4 is 10.5 Å². The fraction of sp³-hybridized carbons (Fsp3) is 0.250. The van der Waals surface area contributed by atoms with E-state index in [0.29, 0.717) is 34.7 Å². The van der Waals surface area contributed by atoms with Gasteiger partial charge in [0.05, 0.1) is 17.7 Å². The van der Waals surface area contributed by atoms with E-state index in [1.807, 2.05) is 6.92 Å². The number of rotatable bonds is 7. The number of nitrogens with zero attached hydrogens (tertiary/aromatic N) is 1. The lowest BCUT2D eigenvalue weighted by atomic mass is 10.1. The van der Waals surface area contributed by atoms with Crippen molar-refractivity contribution in [1.29, 1.82) is 0 Å². The Kier molecular flexibility index (Phi) is 5.02. The highest BCUT2D eigenvalue weighted by atomic mass is 16.5. The van der Waals surface area contributed by atoms with E-state index in [4.69, 9.17) is 10.5 Å². The predicted octanol–water partition coefficient (Wildman–Crippen LogP) is 2.93. The maximum Gasteiger partial charge on any atom is 0.261 e. The summed E-state index contributed by atoms with van der Waals surface area (Å²) >= 11 is 0. The Morgan fingerprint density at radius 2 is 1.73 bits per heavy atom. The maximum absolute atomic E-state index is 12.4. The van der Waals surface area contributed by atoms with E-state index in [9.17, 15) is 14.4 Å². The van der Waals surface area contributed by atoms with E-state index in [1.165, 1.54) is 6.07 Å². The second-order valence-corrected chi connectivity index (χ2v) is 6.11. The monoisotopic (exact) mass is 352 g/mol. The second-order valence-electron chi connectivity index (χ2n) is 6.11. The molecule has 2 amide bonds. The number of fused-ring (bicyclic) bond motifs is 1. The zero-order valence-corrected chi connectivity index (χ0v) is 14.5. The van der Waals surface area contributed by atoms with Gasteiger partial charge in [-0.05, 0) is 48.9 Å². The summed E-state index contributed by atoms with van der Waals surface area (Å²) in [5.74, 6) is -0.223. The molecule has 0 aliphatic carbocycles. The zero-order chi connectivity index (χ0) is 18.7. The van der Waals surface area contributed by atoms with Gasteiger partial charge >= 0.3 is 0 Å². The Balaban J connectivity index is 1.63. The summed E-state index contributed by atoms with van der Waals surface area (Å²) in [5.41, 5.74) is 7.24. The summed E-state index contributed by atoms with van der Waals surface area (Å²) in [6.45, 7) is 2.68. The summed E-state index contributed by atoms with van der Waals surface area (Å²) in [4.78, 5) is 38.2. The van der Waals surface area contributed by atoms with E-state index < -0.39 is 5.91 Å². The van der Waals surface area contributed by atoms with Crippen LogP contribution in [0, 0.1) is 0 Å². The first kappa shape index (κ1) is 17.7. The standard InChI is InChI=1S/C20H20N2O4/c1-2-11-26-15-6-3-13(4-7-15)18(23)9-10-22-19(24)16-8-5-14(21)12-17(16)20(22)25/h3-8,12H,2,9-11,21H2,1H3. The normalized spacial score (nSPS) is 13.0. The molecule has 1 aliphatic heterocycles. The molecule has 2 aromatic rings. The number of nitrogens with two attached hydrogens (primary N) is 1. The number of benzene rings is 2. The van der Waals surface area contributed by atoms with Crippen LogP contribution in [0.4, 0.5) is 5.69 Å². The molecule has 2 aromatic carbocycles. The Morgan fingerprint density at radius 1 is 1.04 bits per heavy atom. The van der Waals surface area contributed by atoms with Gasteiger partial charge in [0.1, 0.15) is 5.75 Å². The Hall–Kier alpha value is -3.15. The van der Waals surface area contributed by atoms with Gasteiger partial charge in [-0.1, -0.05) is 6.92 Å². The topological polar surface area (TPSA) is 89.7 Å². The van der Waals surface area contributed by atoms with Gasteiger partial charge in [0.15, 0.2) is 5.78 Å². The van der Waals surface area contributed by atoms with E-state index >= 15 is 0 Å². The quantitative estimate of drug-likeness (QED) is 0.470. The van der Waals surface area contributed by atoms with Crippen molar-refractivity contribution in [2.45, 2.75) is 19.8 Å². The lowest BCUT2D eigenvalue weighted by Crippen LogP contribution is -2.31. The minimum absolute atomic E-state index is 0.0408. The third kappa shape index (κ3) is 3.44. The molecule has 134 valence electrons. The molecule has 6 heteroatoms. The maximum atomic E-state index is 12.4. The second kappa shape index (κ2) is 7.39. The highest BCUT2D eigenvalue weighted by Crippen LogP contribution is 2.25. The van der Waals surface area contributed by atoms with Crippen LogP contribution in [0.5, 0.6) is 5.75 Å². The average molecular weight is 352 g/mol. The molecule has 0 aromatic heterocycles. The van der Waals surface area contributed by atoms with E-state index in [1.54, 1.807) is 36.4 Å². The van der Waals surface area contributed by atoms with Gasteiger partial charge in [-0.15, -0.1) is 0 Å². The van der Waals surface area contributed by atoms with Gasteiger partial charge in [0.2, 0.25) is 0 Å². The van der Waals surface area contributed by atoms with Crippen molar-refractivity contribution in [2.24, 2.45) is 0 Å². The SMILES string of the molecule is CCCOc1ccc(C(=O)CCN2C(=O)c3ccc(N)cc3C2=O)cc1. The van der Waals surface area contributed by atoms with Gasteiger partial charge in [-0.2, -0.15) is 0 Å².